The molecule has 4 rings (SSSR count). The van der Waals surface area contributed by atoms with Gasteiger partial charge < -0.3 is 19.7 Å². The van der Waals surface area contributed by atoms with Crippen LogP contribution >= 0.6 is 12.6 Å². The predicted molar refractivity (Wildman–Crippen MR) is 143 cm³/mol. The van der Waals surface area contributed by atoms with E-state index in [-0.39, 0.29) is 54.9 Å². The van der Waals surface area contributed by atoms with E-state index >= 15 is 0 Å². The first-order valence-electron chi connectivity index (χ1n) is 12.4. The molecular formula is C25H27N5O9S. The Bertz CT molecular complexity index is 1270. The Morgan fingerprint density at radius 2 is 1.45 bits per heavy atom. The lowest BCUT2D eigenvalue weighted by atomic mass is 10.2. The molecule has 0 unspecified atom stereocenters. The van der Waals surface area contributed by atoms with Crippen LogP contribution in [0.3, 0.4) is 0 Å². The summed E-state index contributed by atoms with van der Waals surface area (Å²) in [6, 6.07) is 10.2. The van der Waals surface area contributed by atoms with Gasteiger partial charge in [-0.25, -0.2) is 9.59 Å². The highest BCUT2D eigenvalue weighted by Gasteiger charge is 2.42. The molecule has 212 valence electrons. The number of rotatable bonds is 8. The van der Waals surface area contributed by atoms with E-state index in [2.05, 4.69) is 17.9 Å². The Balaban J connectivity index is 1.25. The van der Waals surface area contributed by atoms with Crippen LogP contribution in [-0.2, 0) is 27.5 Å². The van der Waals surface area contributed by atoms with E-state index in [1.165, 1.54) is 53.4 Å². The summed E-state index contributed by atoms with van der Waals surface area (Å²) in [7, 11) is 0. The van der Waals surface area contributed by atoms with E-state index in [1.54, 1.807) is 4.90 Å². The minimum Gasteiger partial charge on any atom is -0.445 e. The van der Waals surface area contributed by atoms with Gasteiger partial charge in [0.1, 0.15) is 19.3 Å². The van der Waals surface area contributed by atoms with Gasteiger partial charge in [-0.15, -0.1) is 0 Å². The fourth-order valence-corrected chi connectivity index (χ4v) is 4.93. The first-order chi connectivity index (χ1) is 19.1. The molecule has 2 heterocycles. The summed E-state index contributed by atoms with van der Waals surface area (Å²) in [4.78, 5) is 61.8. The van der Waals surface area contributed by atoms with Gasteiger partial charge in [-0.2, -0.15) is 12.6 Å². The lowest BCUT2D eigenvalue weighted by molar-refractivity contribution is -0.385. The molecule has 14 nitrogen and oxygen atoms in total. The topological polar surface area (TPSA) is 174 Å². The maximum Gasteiger partial charge on any atom is 0.410 e. The van der Waals surface area contributed by atoms with Gasteiger partial charge in [0.2, 0.25) is 5.91 Å². The van der Waals surface area contributed by atoms with Crippen LogP contribution in [0.1, 0.15) is 24.0 Å². The highest BCUT2D eigenvalue weighted by Crippen LogP contribution is 2.26. The summed E-state index contributed by atoms with van der Waals surface area (Å²) in [5.41, 5.74) is 1.02. The number of hydrogen-bond acceptors (Lipinski definition) is 10. The number of carbonyl (C=O) groups excluding carboxylic acids is 3. The van der Waals surface area contributed by atoms with Crippen molar-refractivity contribution in [2.45, 2.75) is 43.4 Å². The van der Waals surface area contributed by atoms with E-state index in [9.17, 15) is 34.6 Å². The molecule has 1 N–H and O–H groups in total. The number of thiol groups is 1. The summed E-state index contributed by atoms with van der Waals surface area (Å²) in [6.07, 6.45) is -0.511. The normalized spacial score (nSPS) is 20.2. The van der Waals surface area contributed by atoms with E-state index in [0.29, 0.717) is 30.5 Å². The third-order valence-electron chi connectivity index (χ3n) is 6.65. The zero-order valence-electron chi connectivity index (χ0n) is 21.2. The number of carbonyl (C=O) groups is 3. The molecule has 0 aromatic heterocycles. The Morgan fingerprint density at radius 3 is 2.00 bits per heavy atom. The quantitative estimate of drug-likeness (QED) is 0.273. The van der Waals surface area contributed by atoms with Crippen LogP contribution in [0.5, 0.6) is 0 Å². The van der Waals surface area contributed by atoms with Crippen molar-refractivity contribution in [3.05, 3.63) is 79.9 Å². The SMILES string of the molecule is O=C(N[C@@H]1CCN(C(=O)[C@@H]2C[C@@H](S)CN2C(=O)OCc2ccc([N+](=O)[O-])cc2)C1)OCc1ccc([N+](=O)[O-])cc1. The molecule has 2 aromatic rings. The van der Waals surface area contributed by atoms with Crippen molar-refractivity contribution in [2.75, 3.05) is 19.6 Å². The fraction of sp³-hybridized carbons (Fsp3) is 0.400. The predicted octanol–water partition coefficient (Wildman–Crippen LogP) is 3.04. The van der Waals surface area contributed by atoms with Crippen molar-refractivity contribution in [1.29, 1.82) is 0 Å². The van der Waals surface area contributed by atoms with Gasteiger partial charge in [0.15, 0.2) is 0 Å². The molecule has 40 heavy (non-hydrogen) atoms. The molecule has 2 aliphatic rings. The fourth-order valence-electron chi connectivity index (χ4n) is 4.55. The van der Waals surface area contributed by atoms with Crippen LogP contribution < -0.4 is 5.32 Å². The first-order valence-corrected chi connectivity index (χ1v) is 12.9. The highest BCUT2D eigenvalue weighted by atomic mass is 32.1. The number of ether oxygens (including phenoxy) is 2. The number of nitro benzene ring substituents is 2. The first kappa shape index (κ1) is 28.6. The molecule has 15 heteroatoms. The highest BCUT2D eigenvalue weighted by molar-refractivity contribution is 7.81. The second-order valence-corrected chi connectivity index (χ2v) is 10.2. The summed E-state index contributed by atoms with van der Waals surface area (Å²) in [5, 5.41) is 24.0. The van der Waals surface area contributed by atoms with Crippen molar-refractivity contribution in [3.63, 3.8) is 0 Å². The lowest BCUT2D eigenvalue weighted by Crippen LogP contribution is -2.48. The zero-order chi connectivity index (χ0) is 28.8. The minimum atomic E-state index is -0.764. The summed E-state index contributed by atoms with van der Waals surface area (Å²) in [6.45, 7) is 0.671. The number of amides is 3. The van der Waals surface area contributed by atoms with E-state index in [4.69, 9.17) is 9.47 Å². The zero-order valence-corrected chi connectivity index (χ0v) is 22.1. The average molecular weight is 574 g/mol. The summed E-state index contributed by atoms with van der Waals surface area (Å²) < 4.78 is 10.6. The molecule has 2 aliphatic heterocycles. The van der Waals surface area contributed by atoms with E-state index in [0.717, 1.165) is 0 Å². The van der Waals surface area contributed by atoms with Gasteiger partial charge in [-0.05, 0) is 48.2 Å². The Kier molecular flexibility index (Phi) is 9.04. The largest absolute Gasteiger partial charge is 0.445 e. The number of nitrogens with one attached hydrogen (secondary N) is 1. The standard InChI is InChI=1S/C25H27N5O9S/c31-23(22-11-21(40)13-28(22)25(33)39-15-17-3-7-20(8-4-17)30(36)37)27-10-9-18(12-27)26-24(32)38-14-16-1-5-19(6-2-16)29(34)35/h1-8,18,21-22,40H,9-15H2,(H,26,32)/t18-,21-,22+/m1/s1. The molecule has 2 aromatic carbocycles. The number of non-ortho nitro benzene ring substituents is 2. The van der Waals surface area contributed by atoms with Crippen LogP contribution in [0.15, 0.2) is 48.5 Å². The number of benzene rings is 2. The minimum absolute atomic E-state index is 0.0632. The third kappa shape index (κ3) is 7.16. The van der Waals surface area contributed by atoms with Crippen molar-refractivity contribution >= 4 is 42.1 Å². The monoisotopic (exact) mass is 573 g/mol. The van der Waals surface area contributed by atoms with Gasteiger partial charge >= 0.3 is 12.2 Å². The number of nitrogens with zero attached hydrogens (tertiary/aromatic N) is 4. The summed E-state index contributed by atoms with van der Waals surface area (Å²) in [5.74, 6) is -0.271. The molecule has 0 spiro atoms. The van der Waals surface area contributed by atoms with Crippen LogP contribution in [0.25, 0.3) is 0 Å². The Morgan fingerprint density at radius 1 is 0.900 bits per heavy atom. The molecule has 0 aliphatic carbocycles. The van der Waals surface area contributed by atoms with Gasteiger partial charge in [0, 0.05) is 49.1 Å². The van der Waals surface area contributed by atoms with Crippen LogP contribution in [0, 0.1) is 20.2 Å². The maximum absolute atomic E-state index is 13.3. The van der Waals surface area contributed by atoms with E-state index < -0.39 is 28.1 Å². The third-order valence-corrected chi connectivity index (χ3v) is 7.02. The summed E-state index contributed by atoms with van der Waals surface area (Å²) >= 11 is 4.45. The van der Waals surface area contributed by atoms with Gasteiger partial charge in [0.25, 0.3) is 11.4 Å². The molecule has 3 amide bonds. The van der Waals surface area contributed by atoms with E-state index in [1.807, 2.05) is 0 Å². The second-order valence-electron chi connectivity index (χ2n) is 9.45. The van der Waals surface area contributed by atoms with Crippen molar-refractivity contribution < 1.29 is 33.7 Å². The van der Waals surface area contributed by atoms with Gasteiger partial charge in [-0.1, -0.05) is 0 Å². The van der Waals surface area contributed by atoms with Gasteiger partial charge in [-0.3, -0.25) is 29.9 Å². The van der Waals surface area contributed by atoms with Gasteiger partial charge in [0.05, 0.1) is 15.9 Å². The Labute approximate surface area is 233 Å². The molecule has 2 saturated heterocycles. The molecular weight excluding hydrogens is 546 g/mol. The van der Waals surface area contributed by atoms with Crippen molar-refractivity contribution in [2.24, 2.45) is 0 Å². The number of alkyl carbamates (subject to hydrolysis) is 1. The van der Waals surface area contributed by atoms with Crippen LogP contribution in [0.4, 0.5) is 21.0 Å². The maximum atomic E-state index is 13.3. The number of nitro groups is 2. The molecule has 0 saturated carbocycles. The molecule has 2 fully saturated rings. The number of likely N-dealkylation sites (tertiary alicyclic amines) is 2. The van der Waals surface area contributed by atoms with Crippen LogP contribution in [-0.4, -0.2) is 74.7 Å². The smallest absolute Gasteiger partial charge is 0.410 e. The number of hydrogen-bond donors (Lipinski definition) is 2. The molecule has 0 radical (unpaired) electrons. The average Bonchev–Trinajstić information content (AvgIpc) is 3.57. The lowest BCUT2D eigenvalue weighted by Gasteiger charge is -2.27. The van der Waals surface area contributed by atoms with Crippen LogP contribution in [0.2, 0.25) is 0 Å². The Hall–Kier alpha value is -4.40. The molecule has 0 bridgehead atoms. The molecule has 3 atom stereocenters. The second kappa shape index (κ2) is 12.6. The van der Waals surface area contributed by atoms with Crippen molar-refractivity contribution in [1.82, 2.24) is 15.1 Å². The van der Waals surface area contributed by atoms with Crippen molar-refractivity contribution in [3.8, 4) is 0 Å².